The fourth-order valence-corrected chi connectivity index (χ4v) is 3.24. The second-order valence-corrected chi connectivity index (χ2v) is 7.75. The van der Waals surface area contributed by atoms with E-state index < -0.39 is 0 Å². The van der Waals surface area contributed by atoms with Crippen molar-refractivity contribution in [3.8, 4) is 17.2 Å². The minimum Gasteiger partial charge on any atom is -0.505 e. The number of phenols is 1. The molecule has 0 atom stereocenters. The molecule has 0 aliphatic heterocycles. The first kappa shape index (κ1) is 20.5. The smallest absolute Gasteiger partial charge is 0.251 e. The van der Waals surface area contributed by atoms with Gasteiger partial charge in [0.2, 0.25) is 0 Å². The van der Waals surface area contributed by atoms with Crippen molar-refractivity contribution in [3.63, 3.8) is 0 Å². The molecular weight excluding hydrogens is 396 g/mol. The van der Waals surface area contributed by atoms with Crippen LogP contribution in [0.3, 0.4) is 0 Å². The molecule has 0 radical (unpaired) electrons. The number of ether oxygens (including phenoxy) is 2. The van der Waals surface area contributed by atoms with E-state index in [2.05, 4.69) is 18.5 Å². The molecule has 0 bridgehead atoms. The highest BCUT2D eigenvalue weighted by atomic mass is 16.5. The summed E-state index contributed by atoms with van der Waals surface area (Å²) in [7, 11) is 0. The van der Waals surface area contributed by atoms with Gasteiger partial charge in [-0.05, 0) is 56.7 Å². The van der Waals surface area contributed by atoms with Gasteiger partial charge in [0.1, 0.15) is 47.2 Å². The van der Waals surface area contributed by atoms with Crippen LogP contribution in [0.15, 0.2) is 60.9 Å². The summed E-state index contributed by atoms with van der Waals surface area (Å²) >= 11 is 0. The second-order valence-electron chi connectivity index (χ2n) is 7.75. The first-order valence-corrected chi connectivity index (χ1v) is 10.1. The minimum absolute atomic E-state index is 0.0713. The van der Waals surface area contributed by atoms with Crippen LogP contribution in [0.25, 0.3) is 16.7 Å². The molecule has 0 fully saturated rings. The van der Waals surface area contributed by atoms with Crippen LogP contribution in [0, 0.1) is 0 Å². The van der Waals surface area contributed by atoms with Gasteiger partial charge < -0.3 is 19.9 Å². The van der Waals surface area contributed by atoms with Gasteiger partial charge in [-0.15, -0.1) is 14.1 Å². The third kappa shape index (κ3) is 3.84. The van der Waals surface area contributed by atoms with Gasteiger partial charge >= 0.3 is 0 Å². The van der Waals surface area contributed by atoms with Gasteiger partial charge in [0.15, 0.2) is 0 Å². The molecule has 1 amide bonds. The number of fused-ring (bicyclic) bond motifs is 4. The van der Waals surface area contributed by atoms with Crippen LogP contribution in [-0.4, -0.2) is 44.3 Å². The minimum atomic E-state index is -0.107. The number of carbonyl (C=O) groups is 1. The van der Waals surface area contributed by atoms with Gasteiger partial charge in [0, 0.05) is 17.7 Å². The number of aromatic nitrogens is 3. The van der Waals surface area contributed by atoms with Gasteiger partial charge in [0.25, 0.3) is 5.91 Å². The third-order valence-electron chi connectivity index (χ3n) is 4.86. The van der Waals surface area contributed by atoms with Gasteiger partial charge in [-0.2, -0.15) is 0 Å². The maximum atomic E-state index is 12.3. The Morgan fingerprint density at radius 1 is 1.10 bits per heavy atom. The molecule has 0 saturated carbocycles. The van der Waals surface area contributed by atoms with Crippen LogP contribution in [0.4, 0.5) is 0 Å². The topological polar surface area (TPSA) is 81.5 Å². The Morgan fingerprint density at radius 3 is 2.52 bits per heavy atom. The van der Waals surface area contributed by atoms with E-state index in [9.17, 15) is 9.90 Å². The highest BCUT2D eigenvalue weighted by Gasteiger charge is 2.26. The lowest BCUT2D eigenvalue weighted by atomic mass is 10.1. The Kier molecular flexibility index (Phi) is 5.14. The van der Waals surface area contributed by atoms with Crippen molar-refractivity contribution < 1.29 is 19.4 Å². The lowest BCUT2D eigenvalue weighted by molar-refractivity contribution is 0.0943. The normalized spacial score (nSPS) is 11.5. The van der Waals surface area contributed by atoms with Crippen molar-refractivity contribution in [1.82, 2.24) is 19.4 Å². The average molecular weight is 422 g/mol. The van der Waals surface area contributed by atoms with Crippen LogP contribution in [-0.2, 0) is 4.74 Å². The van der Waals surface area contributed by atoms with E-state index in [1.54, 1.807) is 24.3 Å². The number of amides is 1. The number of phenolic OH excluding ortho intramolecular Hbond substituents is 1. The standard InChI is InChI=1S/C23H26N4O4/c1-14(2)16(5)30-10-11-31-18-7-9-20(22(28)13-18)26-25-19-8-6-17(12-21(19)27(25)26)23(29)24-15(3)4/h6-9,12-13,15,28H,1,5,10-11H2,2-4H3,(H,24,29). The molecule has 162 valence electrons. The number of hydrogen-bond acceptors (Lipinski definition) is 4. The number of hydrogen-bond donors (Lipinski definition) is 2. The molecule has 0 unspecified atom stereocenters. The molecule has 2 heterocycles. The lowest BCUT2D eigenvalue weighted by Crippen LogP contribution is -2.30. The number of rotatable bonds is 9. The number of carbonyl (C=O) groups excluding carboxylic acids is 1. The van der Waals surface area contributed by atoms with Crippen molar-refractivity contribution in [1.29, 1.82) is 0 Å². The summed E-state index contributed by atoms with van der Waals surface area (Å²) in [4.78, 5) is 14.1. The zero-order chi connectivity index (χ0) is 22.3. The molecule has 4 rings (SSSR count). The first-order chi connectivity index (χ1) is 14.8. The molecular formula is C23H26N4O4. The molecule has 2 aromatic heterocycles. The molecule has 8 nitrogen and oxygen atoms in total. The van der Waals surface area contributed by atoms with E-state index in [0.717, 1.165) is 16.6 Å². The Labute approximate surface area is 179 Å². The van der Waals surface area contributed by atoms with Crippen LogP contribution < -0.4 is 10.1 Å². The van der Waals surface area contributed by atoms with E-state index in [1.165, 1.54) is 0 Å². The SMILES string of the molecule is C=C(C)C(=C)OCCOc1ccc(-n2n3c4ccc(C(=O)NC(C)C)cc4n23)c(O)c1. The number of aromatic hydroxyl groups is 1. The quantitative estimate of drug-likeness (QED) is 0.245. The van der Waals surface area contributed by atoms with Crippen molar-refractivity contribution in [3.05, 3.63) is 66.5 Å². The van der Waals surface area contributed by atoms with E-state index in [-0.39, 0.29) is 17.7 Å². The summed E-state index contributed by atoms with van der Waals surface area (Å²) in [5, 5.41) is 13.4. The van der Waals surface area contributed by atoms with Gasteiger partial charge in [0.05, 0.1) is 0 Å². The summed E-state index contributed by atoms with van der Waals surface area (Å²) < 4.78 is 14.8. The third-order valence-corrected chi connectivity index (χ3v) is 4.86. The molecule has 0 saturated heterocycles. The molecule has 0 aliphatic rings. The van der Waals surface area contributed by atoms with E-state index in [0.29, 0.717) is 36.0 Å². The Hall–Kier alpha value is -3.81. The number of benzene rings is 2. The summed E-state index contributed by atoms with van der Waals surface area (Å²) in [6.45, 7) is 13.9. The molecule has 0 spiro atoms. The number of nitrogens with zero attached hydrogens (tertiary/aromatic N) is 3. The van der Waals surface area contributed by atoms with E-state index in [1.807, 2.05) is 47.0 Å². The fourth-order valence-electron chi connectivity index (χ4n) is 3.24. The molecule has 4 aromatic rings. The van der Waals surface area contributed by atoms with Gasteiger partial charge in [-0.3, -0.25) is 4.79 Å². The van der Waals surface area contributed by atoms with Crippen LogP contribution in [0.2, 0.25) is 0 Å². The first-order valence-electron chi connectivity index (χ1n) is 10.1. The Balaban J connectivity index is 1.46. The number of nitrogens with one attached hydrogen (secondary N) is 1. The van der Waals surface area contributed by atoms with Crippen molar-refractivity contribution in [2.24, 2.45) is 0 Å². The molecule has 8 heteroatoms. The van der Waals surface area contributed by atoms with Gasteiger partial charge in [-0.1, -0.05) is 13.2 Å². The maximum Gasteiger partial charge on any atom is 0.251 e. The second kappa shape index (κ2) is 7.79. The van der Waals surface area contributed by atoms with Crippen LogP contribution in [0.1, 0.15) is 31.1 Å². The summed E-state index contributed by atoms with van der Waals surface area (Å²) in [5.74, 6) is 1.05. The lowest BCUT2D eigenvalue weighted by Gasteiger charge is -2.10. The van der Waals surface area contributed by atoms with Crippen LogP contribution in [0.5, 0.6) is 11.5 Å². The summed E-state index contributed by atoms with van der Waals surface area (Å²) in [5.41, 5.74) is 3.86. The van der Waals surface area contributed by atoms with Crippen molar-refractivity contribution in [2.75, 3.05) is 13.2 Å². The average Bonchev–Trinajstić information content (AvgIpc) is 3.36. The Bertz CT molecular complexity index is 1270. The maximum absolute atomic E-state index is 12.3. The predicted octanol–water partition coefficient (Wildman–Crippen LogP) is 3.75. The molecule has 2 aromatic carbocycles. The zero-order valence-electron chi connectivity index (χ0n) is 17.9. The Morgan fingerprint density at radius 2 is 1.84 bits per heavy atom. The molecule has 31 heavy (non-hydrogen) atoms. The zero-order valence-corrected chi connectivity index (χ0v) is 17.9. The fraction of sp³-hybridized carbons (Fsp3) is 0.261. The van der Waals surface area contributed by atoms with Crippen molar-refractivity contribution in [2.45, 2.75) is 26.8 Å². The molecule has 2 N–H and O–H groups in total. The van der Waals surface area contributed by atoms with Gasteiger partial charge in [-0.25, -0.2) is 0 Å². The highest BCUT2D eigenvalue weighted by molar-refractivity contribution is 5.98. The van der Waals surface area contributed by atoms with Crippen LogP contribution >= 0.6 is 0 Å². The molecule has 0 aliphatic carbocycles. The predicted molar refractivity (Wildman–Crippen MR) is 119 cm³/mol. The highest BCUT2D eigenvalue weighted by Crippen LogP contribution is 2.33. The largest absolute Gasteiger partial charge is 0.505 e. The monoisotopic (exact) mass is 422 g/mol. The van der Waals surface area contributed by atoms with Crippen molar-refractivity contribution >= 4 is 16.9 Å². The van der Waals surface area contributed by atoms with E-state index in [4.69, 9.17) is 9.47 Å². The number of allylic oxidation sites excluding steroid dienone is 1. The van der Waals surface area contributed by atoms with E-state index >= 15 is 0 Å². The summed E-state index contributed by atoms with van der Waals surface area (Å²) in [6.07, 6.45) is 0. The summed E-state index contributed by atoms with van der Waals surface area (Å²) in [6, 6.07) is 10.7.